The van der Waals surface area contributed by atoms with E-state index in [9.17, 15) is 0 Å². The first kappa shape index (κ1) is 14.3. The van der Waals surface area contributed by atoms with E-state index in [1.165, 1.54) is 44.9 Å². The van der Waals surface area contributed by atoms with Crippen LogP contribution in [-0.4, -0.2) is 50.8 Å². The van der Waals surface area contributed by atoms with Gasteiger partial charge in [-0.1, -0.05) is 32.1 Å². The molecular weight excluding hydrogens is 224 g/mol. The third-order valence-corrected chi connectivity index (χ3v) is 4.73. The van der Waals surface area contributed by atoms with Crippen molar-refractivity contribution in [2.45, 2.75) is 57.1 Å². The highest BCUT2D eigenvalue weighted by atomic mass is 16.5. The number of hydrogen-bond acceptors (Lipinski definition) is 3. The Morgan fingerprint density at radius 3 is 2.72 bits per heavy atom. The summed E-state index contributed by atoms with van der Waals surface area (Å²) < 4.78 is 5.94. The molecule has 1 saturated heterocycles. The van der Waals surface area contributed by atoms with Crippen LogP contribution >= 0.6 is 0 Å². The molecular formula is C15H30N2O. The molecule has 0 radical (unpaired) electrons. The van der Waals surface area contributed by atoms with Gasteiger partial charge in [0.15, 0.2) is 0 Å². The van der Waals surface area contributed by atoms with Crippen molar-refractivity contribution in [1.29, 1.82) is 0 Å². The summed E-state index contributed by atoms with van der Waals surface area (Å²) in [5.74, 6) is 0.982. The van der Waals surface area contributed by atoms with Gasteiger partial charge in [0.2, 0.25) is 0 Å². The van der Waals surface area contributed by atoms with Crippen molar-refractivity contribution in [3.8, 4) is 0 Å². The fraction of sp³-hybridized carbons (Fsp3) is 1.00. The summed E-state index contributed by atoms with van der Waals surface area (Å²) in [6, 6.07) is 0.537. The molecule has 3 nitrogen and oxygen atoms in total. The van der Waals surface area contributed by atoms with Crippen LogP contribution in [0.15, 0.2) is 0 Å². The van der Waals surface area contributed by atoms with E-state index < -0.39 is 0 Å². The van der Waals surface area contributed by atoms with E-state index >= 15 is 0 Å². The summed E-state index contributed by atoms with van der Waals surface area (Å²) in [6.07, 6.45) is 10.3. The lowest BCUT2D eigenvalue weighted by Gasteiger charge is -2.35. The van der Waals surface area contributed by atoms with Gasteiger partial charge in [0.25, 0.3) is 0 Å². The van der Waals surface area contributed by atoms with Crippen molar-refractivity contribution in [1.82, 2.24) is 10.2 Å². The highest BCUT2D eigenvalue weighted by Crippen LogP contribution is 2.28. The Morgan fingerprint density at radius 1 is 1.28 bits per heavy atom. The Hall–Kier alpha value is -0.120. The molecule has 106 valence electrons. The van der Waals surface area contributed by atoms with Crippen LogP contribution in [0, 0.1) is 5.92 Å². The largest absolute Gasteiger partial charge is 0.374 e. The van der Waals surface area contributed by atoms with Gasteiger partial charge in [-0.25, -0.2) is 0 Å². The topological polar surface area (TPSA) is 24.5 Å². The molecule has 0 bridgehead atoms. The molecule has 2 unspecified atom stereocenters. The molecule has 18 heavy (non-hydrogen) atoms. The molecule has 1 saturated carbocycles. The van der Waals surface area contributed by atoms with Crippen molar-refractivity contribution in [3.63, 3.8) is 0 Å². The van der Waals surface area contributed by atoms with Crippen LogP contribution < -0.4 is 5.32 Å². The second kappa shape index (κ2) is 7.46. The SMILES string of the molecule is CNC(CCC1CCCCC1)C1CN(C)CCO1. The molecule has 2 aliphatic rings. The molecule has 1 aliphatic carbocycles. The second-order valence-corrected chi connectivity index (χ2v) is 6.15. The minimum absolute atomic E-state index is 0.386. The lowest BCUT2D eigenvalue weighted by molar-refractivity contribution is -0.0397. The van der Waals surface area contributed by atoms with Crippen LogP contribution in [0.3, 0.4) is 0 Å². The van der Waals surface area contributed by atoms with Crippen molar-refractivity contribution in [2.75, 3.05) is 33.8 Å². The molecule has 0 aromatic carbocycles. The lowest BCUT2D eigenvalue weighted by atomic mass is 9.84. The zero-order chi connectivity index (χ0) is 12.8. The van der Waals surface area contributed by atoms with Gasteiger partial charge in [0.05, 0.1) is 12.7 Å². The Balaban J connectivity index is 1.73. The van der Waals surface area contributed by atoms with Crippen molar-refractivity contribution >= 4 is 0 Å². The van der Waals surface area contributed by atoms with Crippen LogP contribution in [0.25, 0.3) is 0 Å². The third-order valence-electron chi connectivity index (χ3n) is 4.73. The number of morpholine rings is 1. The maximum Gasteiger partial charge on any atom is 0.0855 e. The summed E-state index contributed by atoms with van der Waals surface area (Å²) in [5, 5.41) is 3.48. The Labute approximate surface area is 112 Å². The number of ether oxygens (including phenoxy) is 1. The van der Waals surface area contributed by atoms with Crippen molar-refractivity contribution in [3.05, 3.63) is 0 Å². The number of rotatable bonds is 5. The van der Waals surface area contributed by atoms with Crippen molar-refractivity contribution in [2.24, 2.45) is 5.92 Å². The lowest BCUT2D eigenvalue weighted by Crippen LogP contribution is -2.50. The Morgan fingerprint density at radius 2 is 2.06 bits per heavy atom. The average molecular weight is 254 g/mol. The van der Waals surface area contributed by atoms with E-state index in [1.807, 2.05) is 0 Å². The standard InChI is InChI=1S/C15H30N2O/c1-16-14(15-12-17(2)10-11-18-15)9-8-13-6-4-3-5-7-13/h13-16H,3-12H2,1-2H3. The van der Waals surface area contributed by atoms with Gasteiger partial charge in [-0.3, -0.25) is 0 Å². The number of hydrogen-bond donors (Lipinski definition) is 1. The quantitative estimate of drug-likeness (QED) is 0.814. The molecule has 2 fully saturated rings. The molecule has 2 atom stereocenters. The number of nitrogens with zero attached hydrogens (tertiary/aromatic N) is 1. The van der Waals surface area contributed by atoms with Gasteiger partial charge in [0, 0.05) is 19.1 Å². The van der Waals surface area contributed by atoms with E-state index in [4.69, 9.17) is 4.74 Å². The third kappa shape index (κ3) is 4.22. The zero-order valence-electron chi connectivity index (χ0n) is 12.2. The predicted octanol–water partition coefficient (Wildman–Crippen LogP) is 2.27. The second-order valence-electron chi connectivity index (χ2n) is 6.15. The Kier molecular flexibility index (Phi) is 5.93. The molecule has 1 heterocycles. The maximum atomic E-state index is 5.94. The fourth-order valence-electron chi connectivity index (χ4n) is 3.46. The highest BCUT2D eigenvalue weighted by Gasteiger charge is 2.26. The molecule has 1 N–H and O–H groups in total. The number of nitrogens with one attached hydrogen (secondary N) is 1. The Bertz CT molecular complexity index is 229. The van der Waals surface area contributed by atoms with Crippen molar-refractivity contribution < 1.29 is 4.74 Å². The first-order valence-corrected chi connectivity index (χ1v) is 7.77. The molecule has 2 rings (SSSR count). The monoisotopic (exact) mass is 254 g/mol. The van der Waals surface area contributed by atoms with E-state index in [2.05, 4.69) is 24.3 Å². The molecule has 0 aromatic heterocycles. The molecule has 1 aliphatic heterocycles. The van der Waals surface area contributed by atoms with E-state index in [0.29, 0.717) is 12.1 Å². The first-order chi connectivity index (χ1) is 8.79. The summed E-state index contributed by atoms with van der Waals surface area (Å²) in [6.45, 7) is 3.05. The van der Waals surface area contributed by atoms with Gasteiger partial charge in [-0.05, 0) is 32.9 Å². The average Bonchev–Trinajstić information content (AvgIpc) is 2.41. The van der Waals surface area contributed by atoms with Gasteiger partial charge >= 0.3 is 0 Å². The van der Waals surface area contributed by atoms with Gasteiger partial charge < -0.3 is 15.0 Å². The minimum atomic E-state index is 0.386. The van der Waals surface area contributed by atoms with Gasteiger partial charge in [-0.2, -0.15) is 0 Å². The van der Waals surface area contributed by atoms with Crippen LogP contribution in [0.1, 0.15) is 44.9 Å². The maximum absolute atomic E-state index is 5.94. The highest BCUT2D eigenvalue weighted by molar-refractivity contribution is 4.82. The smallest absolute Gasteiger partial charge is 0.0855 e. The molecule has 3 heteroatoms. The minimum Gasteiger partial charge on any atom is -0.374 e. The van der Waals surface area contributed by atoms with Crippen LogP contribution in [0.2, 0.25) is 0 Å². The van der Waals surface area contributed by atoms with E-state index in [0.717, 1.165) is 25.6 Å². The zero-order valence-corrected chi connectivity index (χ0v) is 12.2. The van der Waals surface area contributed by atoms with Crippen LogP contribution in [0.4, 0.5) is 0 Å². The molecule has 0 amide bonds. The molecule has 0 spiro atoms. The van der Waals surface area contributed by atoms with E-state index in [-0.39, 0.29) is 0 Å². The normalized spacial score (nSPS) is 29.3. The summed E-state index contributed by atoms with van der Waals surface area (Å²) in [4.78, 5) is 2.39. The molecule has 0 aromatic rings. The van der Waals surface area contributed by atoms with E-state index in [1.54, 1.807) is 0 Å². The predicted molar refractivity (Wildman–Crippen MR) is 75.9 cm³/mol. The summed E-state index contributed by atoms with van der Waals surface area (Å²) in [7, 11) is 4.28. The number of likely N-dealkylation sites (N-methyl/N-ethyl adjacent to an activating group) is 2. The fourth-order valence-corrected chi connectivity index (χ4v) is 3.46. The van der Waals surface area contributed by atoms with Gasteiger partial charge in [0.1, 0.15) is 0 Å². The van der Waals surface area contributed by atoms with Gasteiger partial charge in [-0.15, -0.1) is 0 Å². The summed E-state index contributed by atoms with van der Waals surface area (Å²) >= 11 is 0. The summed E-state index contributed by atoms with van der Waals surface area (Å²) in [5.41, 5.74) is 0. The van der Waals surface area contributed by atoms with Crippen LogP contribution in [0.5, 0.6) is 0 Å². The first-order valence-electron chi connectivity index (χ1n) is 7.77. The van der Waals surface area contributed by atoms with Crippen LogP contribution in [-0.2, 0) is 4.74 Å².